The zero-order valence-corrected chi connectivity index (χ0v) is 13.0. The smallest absolute Gasteiger partial charge is 0.0701 e. The molecular weight excluding hydrogens is 264 g/mol. The normalized spacial score (nSPS) is 20.4. The van der Waals surface area contributed by atoms with Crippen molar-refractivity contribution in [1.29, 1.82) is 0 Å². The summed E-state index contributed by atoms with van der Waals surface area (Å²) in [6.45, 7) is 15.1. The minimum absolute atomic E-state index is 0.415. The van der Waals surface area contributed by atoms with Crippen LogP contribution in [-0.2, 0) is 5.41 Å². The third kappa shape index (κ3) is 1.77. The Morgan fingerprint density at radius 2 is 1.59 bits per heavy atom. The second-order valence-electron chi connectivity index (χ2n) is 5.64. The van der Waals surface area contributed by atoms with Crippen LogP contribution in [0.3, 0.4) is 0 Å². The van der Waals surface area contributed by atoms with Gasteiger partial charge in [0.1, 0.15) is 0 Å². The van der Waals surface area contributed by atoms with Crippen molar-refractivity contribution < 1.29 is 0 Å². The second-order valence-corrected chi connectivity index (χ2v) is 5.64. The lowest BCUT2D eigenvalue weighted by atomic mass is 9.68. The molecule has 108 valence electrons. The summed E-state index contributed by atoms with van der Waals surface area (Å²) >= 11 is 0. The van der Waals surface area contributed by atoms with Crippen LogP contribution in [0.1, 0.15) is 23.6 Å². The fraction of sp³-hybridized carbons (Fsp3) is 0.0909. The molecule has 1 aliphatic carbocycles. The van der Waals surface area contributed by atoms with E-state index < -0.39 is 5.41 Å². The van der Waals surface area contributed by atoms with Crippen molar-refractivity contribution >= 4 is 5.57 Å². The van der Waals surface area contributed by atoms with Gasteiger partial charge in [0.15, 0.2) is 0 Å². The van der Waals surface area contributed by atoms with Crippen molar-refractivity contribution in [2.24, 2.45) is 0 Å². The van der Waals surface area contributed by atoms with E-state index in [1.807, 2.05) is 19.1 Å². The molecule has 0 heterocycles. The van der Waals surface area contributed by atoms with Gasteiger partial charge in [0.05, 0.1) is 5.41 Å². The van der Waals surface area contributed by atoms with E-state index in [4.69, 9.17) is 0 Å². The maximum absolute atomic E-state index is 4.39. The molecule has 0 nitrogen and oxygen atoms in total. The van der Waals surface area contributed by atoms with Crippen molar-refractivity contribution in [1.82, 2.24) is 0 Å². The summed E-state index contributed by atoms with van der Waals surface area (Å²) in [5, 5.41) is 0. The first-order valence-corrected chi connectivity index (χ1v) is 7.50. The van der Waals surface area contributed by atoms with Gasteiger partial charge < -0.3 is 0 Å². The van der Waals surface area contributed by atoms with Gasteiger partial charge in [-0.3, -0.25) is 0 Å². The van der Waals surface area contributed by atoms with Gasteiger partial charge in [-0.15, -0.1) is 0 Å². The van der Waals surface area contributed by atoms with Crippen LogP contribution in [0, 0.1) is 0 Å². The minimum Gasteiger partial charge on any atom is -0.0943 e. The summed E-state index contributed by atoms with van der Waals surface area (Å²) in [7, 11) is 0. The van der Waals surface area contributed by atoms with E-state index in [1.54, 1.807) is 0 Å². The van der Waals surface area contributed by atoms with E-state index in [2.05, 4.69) is 74.3 Å². The number of hydrogen-bond donors (Lipinski definition) is 0. The van der Waals surface area contributed by atoms with E-state index in [9.17, 15) is 0 Å². The first-order chi connectivity index (χ1) is 10.6. The standard InChI is InChI=1S/C22H20/c1-5-11-16(2)22(19-12-7-6-8-13-19)18(4)17(3)20-14-9-10-15-21(20)22/h5-15H,2-4H2,1H3/b11-5-. The average molecular weight is 284 g/mol. The third-order valence-corrected chi connectivity index (χ3v) is 4.53. The van der Waals surface area contributed by atoms with Crippen molar-refractivity contribution in [3.05, 3.63) is 114 Å². The average Bonchev–Trinajstić information content (AvgIpc) is 2.78. The quantitative estimate of drug-likeness (QED) is 0.635. The van der Waals surface area contributed by atoms with Gasteiger partial charge in [-0.1, -0.05) is 86.5 Å². The highest BCUT2D eigenvalue weighted by molar-refractivity contribution is 5.92. The third-order valence-electron chi connectivity index (χ3n) is 4.53. The number of allylic oxidation sites excluding steroid dienone is 5. The van der Waals surface area contributed by atoms with E-state index >= 15 is 0 Å². The van der Waals surface area contributed by atoms with Crippen molar-refractivity contribution in [2.75, 3.05) is 0 Å². The van der Waals surface area contributed by atoms with Crippen LogP contribution in [0.4, 0.5) is 0 Å². The van der Waals surface area contributed by atoms with Crippen LogP contribution in [0.5, 0.6) is 0 Å². The Labute approximate surface area is 132 Å². The largest absolute Gasteiger partial charge is 0.0943 e. The molecule has 0 heteroatoms. The van der Waals surface area contributed by atoms with Gasteiger partial charge in [-0.05, 0) is 40.3 Å². The Hall–Kier alpha value is -2.60. The van der Waals surface area contributed by atoms with Crippen LogP contribution in [0.25, 0.3) is 5.57 Å². The topological polar surface area (TPSA) is 0 Å². The number of rotatable bonds is 3. The molecule has 2 aromatic rings. The lowest BCUT2D eigenvalue weighted by Gasteiger charge is -2.33. The van der Waals surface area contributed by atoms with Crippen LogP contribution >= 0.6 is 0 Å². The summed E-state index contributed by atoms with van der Waals surface area (Å²) in [6.07, 6.45) is 4.11. The number of benzene rings is 2. The Kier molecular flexibility index (Phi) is 3.46. The fourth-order valence-electron chi connectivity index (χ4n) is 3.52. The highest BCUT2D eigenvalue weighted by atomic mass is 14.5. The second kappa shape index (κ2) is 5.31. The SMILES string of the molecule is C=C1C(=C)C(C(=C)/C=C\C)(c2ccccc2)c2ccccc21. The van der Waals surface area contributed by atoms with Gasteiger partial charge in [-0.25, -0.2) is 0 Å². The Balaban J connectivity index is 2.40. The zero-order valence-electron chi connectivity index (χ0n) is 13.0. The molecule has 0 aromatic heterocycles. The molecule has 0 N–H and O–H groups in total. The van der Waals surface area contributed by atoms with Gasteiger partial charge in [0, 0.05) is 0 Å². The first kappa shape index (κ1) is 14.3. The molecule has 3 rings (SSSR count). The monoisotopic (exact) mass is 284 g/mol. The first-order valence-electron chi connectivity index (χ1n) is 7.50. The van der Waals surface area contributed by atoms with Gasteiger partial charge in [0.2, 0.25) is 0 Å². The Morgan fingerprint density at radius 1 is 0.955 bits per heavy atom. The van der Waals surface area contributed by atoms with E-state index in [0.29, 0.717) is 0 Å². The van der Waals surface area contributed by atoms with Crippen molar-refractivity contribution in [2.45, 2.75) is 12.3 Å². The van der Waals surface area contributed by atoms with Crippen LogP contribution < -0.4 is 0 Å². The summed E-state index contributed by atoms with van der Waals surface area (Å²) in [5.41, 5.74) is 6.21. The van der Waals surface area contributed by atoms with Crippen LogP contribution in [0.15, 0.2) is 97.6 Å². The van der Waals surface area contributed by atoms with Crippen LogP contribution in [-0.4, -0.2) is 0 Å². The molecule has 0 saturated heterocycles. The molecule has 0 amide bonds. The Bertz CT molecular complexity index is 790. The molecule has 0 bridgehead atoms. The minimum atomic E-state index is -0.415. The molecule has 0 radical (unpaired) electrons. The molecule has 2 aromatic carbocycles. The molecule has 22 heavy (non-hydrogen) atoms. The molecule has 0 aliphatic heterocycles. The van der Waals surface area contributed by atoms with E-state index in [1.165, 1.54) is 16.7 Å². The van der Waals surface area contributed by atoms with Crippen molar-refractivity contribution in [3.63, 3.8) is 0 Å². The lowest BCUT2D eigenvalue weighted by Crippen LogP contribution is -2.28. The summed E-state index contributed by atoms with van der Waals surface area (Å²) < 4.78 is 0. The summed E-state index contributed by atoms with van der Waals surface area (Å²) in [5.74, 6) is 0. The molecule has 0 spiro atoms. The molecule has 1 aliphatic rings. The molecule has 0 saturated carbocycles. The van der Waals surface area contributed by atoms with E-state index in [-0.39, 0.29) is 0 Å². The predicted molar refractivity (Wildman–Crippen MR) is 95.8 cm³/mol. The molecular formula is C22H20. The summed E-state index contributed by atoms with van der Waals surface area (Å²) in [4.78, 5) is 0. The lowest BCUT2D eigenvalue weighted by molar-refractivity contribution is 0.774. The van der Waals surface area contributed by atoms with Gasteiger partial charge in [0.25, 0.3) is 0 Å². The van der Waals surface area contributed by atoms with Crippen molar-refractivity contribution in [3.8, 4) is 0 Å². The fourth-order valence-corrected chi connectivity index (χ4v) is 3.52. The number of fused-ring (bicyclic) bond motifs is 1. The van der Waals surface area contributed by atoms with Gasteiger partial charge >= 0.3 is 0 Å². The molecule has 1 atom stereocenters. The number of hydrogen-bond acceptors (Lipinski definition) is 0. The maximum Gasteiger partial charge on any atom is 0.0701 e. The van der Waals surface area contributed by atoms with E-state index in [0.717, 1.165) is 16.7 Å². The van der Waals surface area contributed by atoms with Gasteiger partial charge in [-0.2, -0.15) is 0 Å². The molecule has 1 unspecified atom stereocenters. The highest BCUT2D eigenvalue weighted by Crippen LogP contribution is 2.55. The molecule has 0 fully saturated rings. The maximum atomic E-state index is 4.39. The zero-order chi connectivity index (χ0) is 15.7. The summed E-state index contributed by atoms with van der Waals surface area (Å²) in [6, 6.07) is 18.9. The Morgan fingerprint density at radius 3 is 2.27 bits per heavy atom. The highest BCUT2D eigenvalue weighted by Gasteiger charge is 2.46. The van der Waals surface area contributed by atoms with Crippen LogP contribution in [0.2, 0.25) is 0 Å². The predicted octanol–water partition coefficient (Wildman–Crippen LogP) is 5.69.